The lowest BCUT2D eigenvalue weighted by Gasteiger charge is -2.19. The van der Waals surface area contributed by atoms with Crippen LogP contribution in [-0.2, 0) is 33.3 Å². The molecule has 0 amide bonds. The molecule has 1 unspecified atom stereocenters. The molecule has 1 aromatic carbocycles. The minimum Gasteiger partial charge on any atom is -0.378 e. The average Bonchev–Trinajstić information content (AvgIpc) is 2.49. The first-order valence-electron chi connectivity index (χ1n) is 7.92. The minimum absolute atomic E-state index is 0.176. The number of anilines is 2. The predicted molar refractivity (Wildman–Crippen MR) is 104 cm³/mol. The maximum absolute atomic E-state index is 11.5. The van der Waals surface area contributed by atoms with Gasteiger partial charge in [0.2, 0.25) is 0 Å². The molecule has 1 heterocycles. The molecule has 7 heteroatoms. The van der Waals surface area contributed by atoms with E-state index in [1.807, 2.05) is 18.2 Å². The van der Waals surface area contributed by atoms with E-state index >= 15 is 0 Å². The van der Waals surface area contributed by atoms with E-state index in [0.717, 1.165) is 22.8 Å². The fraction of sp³-hybridized carbons (Fsp3) is 0.444. The van der Waals surface area contributed by atoms with Crippen LogP contribution in [0.25, 0.3) is 0 Å². The lowest BCUT2D eigenvalue weighted by molar-refractivity contribution is 0.181. The summed E-state index contributed by atoms with van der Waals surface area (Å²) in [4.78, 5) is 9.19. The quantitative estimate of drug-likeness (QED) is 0.812. The lowest BCUT2D eigenvalue weighted by Crippen LogP contribution is -2.18. The van der Waals surface area contributed by atoms with Crippen molar-refractivity contribution in [2.75, 3.05) is 18.7 Å². The number of benzene rings is 1. The van der Waals surface area contributed by atoms with Gasteiger partial charge in [0.25, 0.3) is 0 Å². The van der Waals surface area contributed by atoms with Crippen LogP contribution >= 0.6 is 11.6 Å². The van der Waals surface area contributed by atoms with Gasteiger partial charge in [-0.3, -0.25) is 4.21 Å². The number of hydrogen-bond donors (Lipinski definition) is 1. The van der Waals surface area contributed by atoms with Crippen molar-refractivity contribution in [1.82, 2.24) is 9.97 Å². The molecule has 0 saturated carbocycles. The summed E-state index contributed by atoms with van der Waals surface area (Å²) in [6, 6.07) is 7.44. The highest BCUT2D eigenvalue weighted by atomic mass is 35.5. The molecular weight excluding hydrogens is 358 g/mol. The zero-order chi connectivity index (χ0) is 18.6. The summed E-state index contributed by atoms with van der Waals surface area (Å²) in [5.74, 6) is 1.85. The van der Waals surface area contributed by atoms with Gasteiger partial charge in [-0.15, -0.1) is 0 Å². The smallest absolute Gasteiger partial charge is 0.136 e. The Hall–Kier alpha value is -1.50. The van der Waals surface area contributed by atoms with Crippen LogP contribution < -0.4 is 5.32 Å². The summed E-state index contributed by atoms with van der Waals surface area (Å²) in [5.41, 5.74) is 2.32. The zero-order valence-electron chi connectivity index (χ0n) is 15.2. The maximum atomic E-state index is 11.5. The van der Waals surface area contributed by atoms with Crippen molar-refractivity contribution < 1.29 is 8.95 Å². The largest absolute Gasteiger partial charge is 0.378 e. The molecular formula is C18H24ClN3O2S. The fourth-order valence-corrected chi connectivity index (χ4v) is 3.19. The van der Waals surface area contributed by atoms with Gasteiger partial charge in [0.05, 0.1) is 12.3 Å². The highest BCUT2D eigenvalue weighted by Gasteiger charge is 2.19. The van der Waals surface area contributed by atoms with E-state index in [2.05, 4.69) is 36.1 Å². The van der Waals surface area contributed by atoms with Gasteiger partial charge in [-0.05, 0) is 23.8 Å². The van der Waals surface area contributed by atoms with E-state index < -0.39 is 10.8 Å². The standard InChI is InChI=1S/C18H24ClN3O2S/c1-18(2,3)17-21-14(10-24-4)9-16(22-17)20-13-6-7-15(19)12(8-13)11-25(5)23/h6-9H,10-11H2,1-5H3,(H,20,21,22). The number of nitrogens with one attached hydrogen (secondary N) is 1. The number of aromatic nitrogens is 2. The Balaban J connectivity index is 2.36. The number of nitrogens with zero attached hydrogens (tertiary/aromatic N) is 2. The van der Waals surface area contributed by atoms with Gasteiger partial charge in [0, 0.05) is 52.1 Å². The second kappa shape index (κ2) is 8.25. The molecule has 0 saturated heterocycles. The second-order valence-electron chi connectivity index (χ2n) is 6.90. The van der Waals surface area contributed by atoms with E-state index in [1.165, 1.54) is 0 Å². The highest BCUT2D eigenvalue weighted by Crippen LogP contribution is 2.26. The number of methoxy groups -OCH3 is 1. The van der Waals surface area contributed by atoms with Crippen LogP contribution in [0.4, 0.5) is 11.5 Å². The molecule has 2 rings (SSSR count). The molecule has 1 aromatic heterocycles. The molecule has 136 valence electrons. The molecule has 2 aromatic rings. The molecule has 25 heavy (non-hydrogen) atoms. The van der Waals surface area contributed by atoms with Crippen molar-refractivity contribution in [3.63, 3.8) is 0 Å². The summed E-state index contributed by atoms with van der Waals surface area (Å²) in [7, 11) is 0.683. The predicted octanol–water partition coefficient (Wildman–Crippen LogP) is 4.20. The first-order valence-corrected chi connectivity index (χ1v) is 10.0. The van der Waals surface area contributed by atoms with Gasteiger partial charge < -0.3 is 10.1 Å². The molecule has 0 fully saturated rings. The number of ether oxygens (including phenoxy) is 1. The average molecular weight is 382 g/mol. The van der Waals surface area contributed by atoms with Crippen LogP contribution in [0.15, 0.2) is 24.3 Å². The molecule has 0 bridgehead atoms. The summed E-state index contributed by atoms with van der Waals surface area (Å²) in [6.45, 7) is 6.62. The van der Waals surface area contributed by atoms with Crippen molar-refractivity contribution in [3.05, 3.63) is 46.4 Å². The Morgan fingerprint density at radius 2 is 1.96 bits per heavy atom. The molecule has 5 nitrogen and oxygen atoms in total. The topological polar surface area (TPSA) is 64.1 Å². The van der Waals surface area contributed by atoms with Gasteiger partial charge in [-0.1, -0.05) is 32.4 Å². The van der Waals surface area contributed by atoms with Gasteiger partial charge in [0.1, 0.15) is 11.6 Å². The first kappa shape index (κ1) is 19.8. The number of halogens is 1. The summed E-state index contributed by atoms with van der Waals surface area (Å²) >= 11 is 6.19. The Kier molecular flexibility index (Phi) is 6.54. The molecule has 1 N–H and O–H groups in total. The van der Waals surface area contributed by atoms with Crippen LogP contribution in [0.5, 0.6) is 0 Å². The van der Waals surface area contributed by atoms with Gasteiger partial charge in [-0.25, -0.2) is 9.97 Å². The number of hydrogen-bond acceptors (Lipinski definition) is 5. The fourth-order valence-electron chi connectivity index (χ4n) is 2.25. The molecule has 0 spiro atoms. The molecule has 1 atom stereocenters. The Labute approximate surface area is 156 Å². The van der Waals surface area contributed by atoms with Gasteiger partial charge in [-0.2, -0.15) is 0 Å². The van der Waals surface area contributed by atoms with E-state index in [0.29, 0.717) is 23.2 Å². The third-order valence-electron chi connectivity index (χ3n) is 3.42. The zero-order valence-corrected chi connectivity index (χ0v) is 16.8. The van der Waals surface area contributed by atoms with Gasteiger partial charge in [0.15, 0.2) is 0 Å². The van der Waals surface area contributed by atoms with Crippen molar-refractivity contribution in [2.24, 2.45) is 0 Å². The second-order valence-corrected chi connectivity index (χ2v) is 8.74. The third kappa shape index (κ3) is 5.76. The summed E-state index contributed by atoms with van der Waals surface area (Å²) < 4.78 is 16.7. The molecule has 0 aliphatic heterocycles. The van der Waals surface area contributed by atoms with Crippen LogP contribution in [-0.4, -0.2) is 27.5 Å². The first-order chi connectivity index (χ1) is 11.7. The van der Waals surface area contributed by atoms with Crippen molar-refractivity contribution in [3.8, 4) is 0 Å². The Morgan fingerprint density at radius 1 is 1.24 bits per heavy atom. The van der Waals surface area contributed by atoms with Crippen LogP contribution in [0.3, 0.4) is 0 Å². The third-order valence-corrected chi connectivity index (χ3v) is 4.51. The molecule has 0 radical (unpaired) electrons. The summed E-state index contributed by atoms with van der Waals surface area (Å²) in [5, 5.41) is 3.90. The lowest BCUT2D eigenvalue weighted by atomic mass is 9.95. The summed E-state index contributed by atoms with van der Waals surface area (Å²) in [6.07, 6.45) is 1.66. The monoisotopic (exact) mass is 381 g/mol. The van der Waals surface area contributed by atoms with Gasteiger partial charge >= 0.3 is 0 Å². The van der Waals surface area contributed by atoms with Crippen LogP contribution in [0.2, 0.25) is 5.02 Å². The molecule has 0 aliphatic carbocycles. The number of rotatable bonds is 6. The van der Waals surface area contributed by atoms with Crippen LogP contribution in [0, 0.1) is 0 Å². The van der Waals surface area contributed by atoms with E-state index in [9.17, 15) is 4.21 Å². The Bertz CT molecular complexity index is 775. The maximum Gasteiger partial charge on any atom is 0.136 e. The minimum atomic E-state index is -0.958. The van der Waals surface area contributed by atoms with E-state index in [4.69, 9.17) is 16.3 Å². The Morgan fingerprint density at radius 3 is 2.56 bits per heavy atom. The highest BCUT2D eigenvalue weighted by molar-refractivity contribution is 7.83. The van der Waals surface area contributed by atoms with Crippen LogP contribution in [0.1, 0.15) is 37.9 Å². The molecule has 0 aliphatic rings. The van der Waals surface area contributed by atoms with Crippen molar-refractivity contribution in [2.45, 2.75) is 38.5 Å². The van der Waals surface area contributed by atoms with Crippen molar-refractivity contribution >= 4 is 33.9 Å². The van der Waals surface area contributed by atoms with E-state index in [-0.39, 0.29) is 5.41 Å². The normalized spacial score (nSPS) is 12.9. The SMILES string of the molecule is COCc1cc(Nc2ccc(Cl)c(CS(C)=O)c2)nc(C(C)(C)C)n1. The van der Waals surface area contributed by atoms with Crippen molar-refractivity contribution in [1.29, 1.82) is 0 Å². The van der Waals surface area contributed by atoms with E-state index in [1.54, 1.807) is 19.4 Å².